The fraction of sp³-hybridized carbons (Fsp3) is 0.333. The minimum Gasteiger partial charge on any atom is -0.493 e. The normalized spacial score (nSPS) is 21.6. The molecule has 8 nitrogen and oxygen atoms in total. The van der Waals surface area contributed by atoms with Crippen LogP contribution in [-0.2, 0) is 0 Å². The Kier molecular flexibility index (Phi) is 5.53. The molecule has 2 bridgehead atoms. The van der Waals surface area contributed by atoms with Crippen molar-refractivity contribution in [3.63, 3.8) is 0 Å². The maximum Gasteiger partial charge on any atom is 0.273 e. The van der Waals surface area contributed by atoms with Crippen molar-refractivity contribution in [3.8, 4) is 17.2 Å². The monoisotopic (exact) mass is 449 g/mol. The predicted molar refractivity (Wildman–Crippen MR) is 119 cm³/mol. The lowest BCUT2D eigenvalue weighted by Gasteiger charge is -2.38. The van der Waals surface area contributed by atoms with Crippen molar-refractivity contribution in [1.29, 1.82) is 0 Å². The van der Waals surface area contributed by atoms with Crippen LogP contribution in [-0.4, -0.2) is 45.2 Å². The SMILES string of the molecule is COc1cc(C(=O)N2C3CCC2CC(c2ccc(N)nn2)C3)ncc1Oc1ccc(F)cc1. The Morgan fingerprint density at radius 2 is 1.79 bits per heavy atom. The van der Waals surface area contributed by atoms with E-state index >= 15 is 0 Å². The molecule has 0 aliphatic carbocycles. The standard InChI is InChI=1S/C24H24FN5O3/c1-32-21-12-20(27-13-22(21)33-18-6-2-15(25)3-7-18)24(31)30-16-4-5-17(30)11-14(10-16)19-8-9-23(26)29-28-19/h2-3,6-9,12-14,16-17H,4-5,10-11H2,1H3,(H2,26,29). The van der Waals surface area contributed by atoms with Crippen molar-refractivity contribution < 1.29 is 18.7 Å². The van der Waals surface area contributed by atoms with Gasteiger partial charge < -0.3 is 20.1 Å². The highest BCUT2D eigenvalue weighted by molar-refractivity contribution is 5.93. The Labute approximate surface area is 190 Å². The summed E-state index contributed by atoms with van der Waals surface area (Å²) in [5.41, 5.74) is 6.90. The predicted octanol–water partition coefficient (Wildman–Crippen LogP) is 3.94. The summed E-state index contributed by atoms with van der Waals surface area (Å²) >= 11 is 0. The molecule has 1 aromatic carbocycles. The number of nitrogens with two attached hydrogens (primary N) is 1. The second-order valence-corrected chi connectivity index (χ2v) is 8.43. The molecule has 2 saturated heterocycles. The van der Waals surface area contributed by atoms with Gasteiger partial charge in [-0.2, -0.15) is 5.10 Å². The number of pyridine rings is 1. The summed E-state index contributed by atoms with van der Waals surface area (Å²) in [6.45, 7) is 0. The number of rotatable bonds is 5. The molecule has 2 N–H and O–H groups in total. The molecule has 0 spiro atoms. The van der Waals surface area contributed by atoms with Crippen molar-refractivity contribution >= 4 is 11.7 Å². The smallest absolute Gasteiger partial charge is 0.273 e. The van der Waals surface area contributed by atoms with Gasteiger partial charge in [0.1, 0.15) is 23.1 Å². The average Bonchev–Trinajstić information content (AvgIpc) is 3.09. The van der Waals surface area contributed by atoms with E-state index in [4.69, 9.17) is 15.2 Å². The van der Waals surface area contributed by atoms with Crippen LogP contribution in [0.25, 0.3) is 0 Å². The van der Waals surface area contributed by atoms with Crippen LogP contribution in [0.1, 0.15) is 47.8 Å². The van der Waals surface area contributed by atoms with Crippen molar-refractivity contribution in [2.75, 3.05) is 12.8 Å². The van der Waals surface area contributed by atoms with Crippen molar-refractivity contribution in [1.82, 2.24) is 20.1 Å². The molecule has 5 rings (SSSR count). The third-order valence-electron chi connectivity index (χ3n) is 6.40. The summed E-state index contributed by atoms with van der Waals surface area (Å²) in [6.07, 6.45) is 5.05. The van der Waals surface area contributed by atoms with Crippen LogP contribution in [0.5, 0.6) is 17.2 Å². The van der Waals surface area contributed by atoms with Crippen LogP contribution >= 0.6 is 0 Å². The third kappa shape index (κ3) is 4.18. The molecule has 0 saturated carbocycles. The Morgan fingerprint density at radius 3 is 2.42 bits per heavy atom. The fourth-order valence-corrected chi connectivity index (χ4v) is 4.86. The number of aromatic nitrogens is 3. The minimum atomic E-state index is -0.352. The van der Waals surface area contributed by atoms with Gasteiger partial charge in [0.25, 0.3) is 5.91 Å². The zero-order valence-corrected chi connectivity index (χ0v) is 18.1. The molecule has 1 amide bonds. The van der Waals surface area contributed by atoms with Crippen LogP contribution in [0.2, 0.25) is 0 Å². The molecule has 2 aliphatic rings. The summed E-state index contributed by atoms with van der Waals surface area (Å²) in [5, 5.41) is 8.24. The molecule has 3 aromatic rings. The van der Waals surface area contributed by atoms with E-state index in [1.54, 1.807) is 12.1 Å². The van der Waals surface area contributed by atoms with Gasteiger partial charge in [-0.3, -0.25) is 4.79 Å². The Bertz CT molecular complexity index is 1140. The Balaban J connectivity index is 1.33. The summed E-state index contributed by atoms with van der Waals surface area (Å²) in [7, 11) is 1.50. The lowest BCUT2D eigenvalue weighted by molar-refractivity contribution is 0.0562. The lowest BCUT2D eigenvalue weighted by Crippen LogP contribution is -2.46. The Morgan fingerprint density at radius 1 is 1.06 bits per heavy atom. The van der Waals surface area contributed by atoms with E-state index in [1.165, 1.54) is 37.6 Å². The number of halogens is 1. The number of carbonyl (C=O) groups excluding carboxylic acids is 1. The molecule has 9 heteroatoms. The van der Waals surface area contributed by atoms with E-state index in [9.17, 15) is 9.18 Å². The molecule has 2 fully saturated rings. The summed E-state index contributed by atoms with van der Waals surface area (Å²) in [6, 6.07) is 11.2. The molecule has 4 heterocycles. The van der Waals surface area contributed by atoms with Gasteiger partial charge >= 0.3 is 0 Å². The van der Waals surface area contributed by atoms with E-state index in [1.807, 2.05) is 11.0 Å². The van der Waals surface area contributed by atoms with Crippen molar-refractivity contribution in [2.45, 2.75) is 43.7 Å². The molecule has 2 aromatic heterocycles. The van der Waals surface area contributed by atoms with E-state index in [0.717, 1.165) is 31.4 Å². The van der Waals surface area contributed by atoms with Crippen LogP contribution < -0.4 is 15.2 Å². The summed E-state index contributed by atoms with van der Waals surface area (Å²) in [5.74, 6) is 1.38. The highest BCUT2D eigenvalue weighted by Gasteiger charge is 2.44. The second kappa shape index (κ2) is 8.65. The first-order valence-corrected chi connectivity index (χ1v) is 10.9. The topological polar surface area (TPSA) is 103 Å². The number of methoxy groups -OCH3 is 1. The number of nitrogens with zero attached hydrogens (tertiary/aromatic N) is 4. The van der Waals surface area contributed by atoms with E-state index in [-0.39, 0.29) is 29.7 Å². The number of fused-ring (bicyclic) bond motifs is 2. The number of nitrogen functional groups attached to an aromatic ring is 1. The molecule has 2 aliphatic heterocycles. The van der Waals surface area contributed by atoms with Crippen LogP contribution in [0.15, 0.2) is 48.7 Å². The maximum atomic E-state index is 13.4. The van der Waals surface area contributed by atoms with Crippen molar-refractivity contribution in [3.05, 3.63) is 65.9 Å². The lowest BCUT2D eigenvalue weighted by atomic mass is 9.87. The quantitative estimate of drug-likeness (QED) is 0.629. The van der Waals surface area contributed by atoms with Gasteiger partial charge in [-0.15, -0.1) is 5.10 Å². The number of piperidine rings is 1. The number of carbonyl (C=O) groups is 1. The third-order valence-corrected chi connectivity index (χ3v) is 6.40. The highest BCUT2D eigenvalue weighted by atomic mass is 19.1. The number of amides is 1. The van der Waals surface area contributed by atoms with E-state index < -0.39 is 0 Å². The highest BCUT2D eigenvalue weighted by Crippen LogP contribution is 2.43. The first-order valence-electron chi connectivity index (χ1n) is 10.9. The van der Waals surface area contributed by atoms with Gasteiger partial charge in [-0.1, -0.05) is 0 Å². The minimum absolute atomic E-state index is 0.115. The number of hydrogen-bond donors (Lipinski definition) is 1. The molecular weight excluding hydrogens is 425 g/mol. The van der Waals surface area contributed by atoms with Gasteiger partial charge in [0, 0.05) is 24.1 Å². The van der Waals surface area contributed by atoms with Crippen molar-refractivity contribution in [2.24, 2.45) is 0 Å². The van der Waals surface area contributed by atoms with Crippen LogP contribution in [0.3, 0.4) is 0 Å². The van der Waals surface area contributed by atoms with Crippen LogP contribution in [0, 0.1) is 5.82 Å². The molecular formula is C24H24FN5O3. The molecule has 0 radical (unpaired) electrons. The van der Waals surface area contributed by atoms with Gasteiger partial charge in [-0.05, 0) is 62.1 Å². The van der Waals surface area contributed by atoms with Crippen LogP contribution in [0.4, 0.5) is 10.2 Å². The molecule has 2 atom stereocenters. The first kappa shape index (κ1) is 21.1. The van der Waals surface area contributed by atoms with Gasteiger partial charge in [-0.25, -0.2) is 9.37 Å². The Hall–Kier alpha value is -3.75. The van der Waals surface area contributed by atoms with E-state index in [0.29, 0.717) is 28.8 Å². The summed E-state index contributed by atoms with van der Waals surface area (Å²) < 4.78 is 24.3. The molecule has 2 unspecified atom stereocenters. The maximum absolute atomic E-state index is 13.4. The zero-order chi connectivity index (χ0) is 22.9. The number of hydrogen-bond acceptors (Lipinski definition) is 7. The van der Waals surface area contributed by atoms with E-state index in [2.05, 4.69) is 15.2 Å². The number of benzene rings is 1. The fourth-order valence-electron chi connectivity index (χ4n) is 4.86. The number of ether oxygens (including phenoxy) is 2. The summed E-state index contributed by atoms with van der Waals surface area (Å²) in [4.78, 5) is 19.7. The van der Waals surface area contributed by atoms with Gasteiger partial charge in [0.15, 0.2) is 11.5 Å². The second-order valence-electron chi connectivity index (χ2n) is 8.43. The van der Waals surface area contributed by atoms with Gasteiger partial charge in [0.05, 0.1) is 19.0 Å². The first-order chi connectivity index (χ1) is 16.0. The molecule has 170 valence electrons. The zero-order valence-electron chi connectivity index (χ0n) is 18.1. The van der Waals surface area contributed by atoms with Gasteiger partial charge in [0.2, 0.25) is 0 Å². The number of anilines is 1. The average molecular weight is 449 g/mol. The largest absolute Gasteiger partial charge is 0.493 e. The molecule has 33 heavy (non-hydrogen) atoms.